The van der Waals surface area contributed by atoms with E-state index in [4.69, 9.17) is 4.74 Å². The summed E-state index contributed by atoms with van der Waals surface area (Å²) in [4.78, 5) is 10.7. The van der Waals surface area contributed by atoms with E-state index in [1.165, 1.54) is 12.5 Å². The molecule has 0 amide bonds. The van der Waals surface area contributed by atoms with Crippen LogP contribution in [0.3, 0.4) is 0 Å². The van der Waals surface area contributed by atoms with E-state index in [1.54, 1.807) is 0 Å². The van der Waals surface area contributed by atoms with Crippen LogP contribution in [0.4, 0.5) is 0 Å². The van der Waals surface area contributed by atoms with Crippen molar-refractivity contribution in [2.45, 2.75) is 47.0 Å². The molecule has 0 aliphatic rings. The van der Waals surface area contributed by atoms with Crippen LogP contribution >= 0.6 is 0 Å². The van der Waals surface area contributed by atoms with Gasteiger partial charge in [-0.25, -0.2) is 0 Å². The van der Waals surface area contributed by atoms with Crippen molar-refractivity contribution in [3.05, 3.63) is 11.6 Å². The summed E-state index contributed by atoms with van der Waals surface area (Å²) in [5.41, 5.74) is 1.25. The molecule has 0 aromatic rings. The highest BCUT2D eigenvalue weighted by molar-refractivity contribution is 5.66. The fourth-order valence-electron chi connectivity index (χ4n) is 1.24. The predicted molar refractivity (Wildman–Crippen MR) is 59.1 cm³/mol. The van der Waals surface area contributed by atoms with Crippen molar-refractivity contribution in [2.75, 3.05) is 6.61 Å². The summed E-state index contributed by atoms with van der Waals surface area (Å²) in [6.07, 6.45) is 5.49. The second kappa shape index (κ2) is 7.60. The molecule has 1 atom stereocenters. The van der Waals surface area contributed by atoms with Crippen molar-refractivity contribution in [2.24, 2.45) is 5.92 Å². The van der Waals surface area contributed by atoms with Crippen LogP contribution in [0.1, 0.15) is 47.0 Å². The van der Waals surface area contributed by atoms with E-state index in [0.29, 0.717) is 12.5 Å². The first-order valence-corrected chi connectivity index (χ1v) is 5.43. The minimum absolute atomic E-state index is 0.198. The summed E-state index contributed by atoms with van der Waals surface area (Å²) < 4.78 is 4.99. The van der Waals surface area contributed by atoms with Crippen molar-refractivity contribution >= 4 is 5.97 Å². The third-order valence-electron chi connectivity index (χ3n) is 2.20. The Kier molecular flexibility index (Phi) is 7.17. The molecular formula is C12H22O2. The predicted octanol–water partition coefficient (Wildman–Crippen LogP) is 3.32. The number of carbonyl (C=O) groups excluding carboxylic acids is 1. The van der Waals surface area contributed by atoms with Gasteiger partial charge in [0.1, 0.15) is 6.61 Å². The Hall–Kier alpha value is -0.790. The Balaban J connectivity index is 4.12. The van der Waals surface area contributed by atoms with Gasteiger partial charge in [0, 0.05) is 6.92 Å². The SMILES string of the molecule is CCCC(=CC(C)CC)COC(C)=O. The highest BCUT2D eigenvalue weighted by Gasteiger charge is 2.02. The van der Waals surface area contributed by atoms with Crippen LogP contribution in [0.15, 0.2) is 11.6 Å². The molecular weight excluding hydrogens is 176 g/mol. The van der Waals surface area contributed by atoms with Crippen LogP contribution in [0.25, 0.3) is 0 Å². The van der Waals surface area contributed by atoms with Crippen molar-refractivity contribution in [3.63, 3.8) is 0 Å². The fraction of sp³-hybridized carbons (Fsp3) is 0.750. The molecule has 0 fully saturated rings. The van der Waals surface area contributed by atoms with Gasteiger partial charge in [0.15, 0.2) is 0 Å². The van der Waals surface area contributed by atoms with Crippen molar-refractivity contribution < 1.29 is 9.53 Å². The van der Waals surface area contributed by atoms with Gasteiger partial charge in [-0.3, -0.25) is 4.79 Å². The molecule has 82 valence electrons. The summed E-state index contributed by atoms with van der Waals surface area (Å²) in [6, 6.07) is 0. The van der Waals surface area contributed by atoms with Crippen LogP contribution < -0.4 is 0 Å². The van der Waals surface area contributed by atoms with Crippen molar-refractivity contribution in [1.29, 1.82) is 0 Å². The maximum Gasteiger partial charge on any atom is 0.302 e. The van der Waals surface area contributed by atoms with Crippen LogP contribution in [0.2, 0.25) is 0 Å². The van der Waals surface area contributed by atoms with E-state index < -0.39 is 0 Å². The molecule has 2 nitrogen and oxygen atoms in total. The summed E-state index contributed by atoms with van der Waals surface area (Å²) in [7, 11) is 0. The first-order valence-electron chi connectivity index (χ1n) is 5.43. The molecule has 0 N–H and O–H groups in total. The normalized spacial score (nSPS) is 13.9. The zero-order valence-corrected chi connectivity index (χ0v) is 9.80. The van der Waals surface area contributed by atoms with Gasteiger partial charge in [0.05, 0.1) is 0 Å². The molecule has 0 bridgehead atoms. The molecule has 0 aliphatic heterocycles. The Bertz CT molecular complexity index is 194. The average molecular weight is 198 g/mol. The summed E-state index contributed by atoms with van der Waals surface area (Å²) in [5.74, 6) is 0.378. The Morgan fingerprint density at radius 2 is 2.07 bits per heavy atom. The van der Waals surface area contributed by atoms with E-state index in [2.05, 4.69) is 26.8 Å². The number of carbonyl (C=O) groups is 1. The van der Waals surface area contributed by atoms with Gasteiger partial charge >= 0.3 is 5.97 Å². The largest absolute Gasteiger partial charge is 0.461 e. The van der Waals surface area contributed by atoms with E-state index in [0.717, 1.165) is 19.3 Å². The first-order chi connectivity index (χ1) is 6.60. The molecule has 0 spiro atoms. The molecule has 0 radical (unpaired) electrons. The number of esters is 1. The zero-order valence-electron chi connectivity index (χ0n) is 9.80. The summed E-state index contributed by atoms with van der Waals surface area (Å²) in [6.45, 7) is 8.40. The average Bonchev–Trinajstić information content (AvgIpc) is 2.14. The van der Waals surface area contributed by atoms with Gasteiger partial charge < -0.3 is 4.74 Å². The number of ether oxygens (including phenoxy) is 1. The number of allylic oxidation sites excluding steroid dienone is 1. The van der Waals surface area contributed by atoms with Gasteiger partial charge in [-0.2, -0.15) is 0 Å². The van der Waals surface area contributed by atoms with Crippen molar-refractivity contribution in [3.8, 4) is 0 Å². The van der Waals surface area contributed by atoms with Crippen LogP contribution in [0.5, 0.6) is 0 Å². The van der Waals surface area contributed by atoms with Gasteiger partial charge in [0.25, 0.3) is 0 Å². The molecule has 2 heteroatoms. The van der Waals surface area contributed by atoms with Crippen LogP contribution in [0, 0.1) is 5.92 Å². The monoisotopic (exact) mass is 198 g/mol. The lowest BCUT2D eigenvalue weighted by molar-refractivity contribution is -0.140. The Labute approximate surface area is 87.3 Å². The standard InChI is InChI=1S/C12H22O2/c1-5-7-12(8-10(3)6-2)9-14-11(4)13/h8,10H,5-7,9H2,1-4H3. The Morgan fingerprint density at radius 1 is 1.43 bits per heavy atom. The van der Waals surface area contributed by atoms with Gasteiger partial charge in [-0.15, -0.1) is 0 Å². The zero-order chi connectivity index (χ0) is 11.0. The van der Waals surface area contributed by atoms with E-state index in [1.807, 2.05) is 0 Å². The molecule has 0 saturated carbocycles. The maximum absolute atomic E-state index is 10.7. The van der Waals surface area contributed by atoms with Crippen LogP contribution in [-0.2, 0) is 9.53 Å². The highest BCUT2D eigenvalue weighted by atomic mass is 16.5. The van der Waals surface area contributed by atoms with Gasteiger partial charge in [-0.1, -0.05) is 39.7 Å². The first kappa shape index (κ1) is 13.2. The van der Waals surface area contributed by atoms with Crippen LogP contribution in [-0.4, -0.2) is 12.6 Å². The fourth-order valence-corrected chi connectivity index (χ4v) is 1.24. The molecule has 0 rings (SSSR count). The minimum Gasteiger partial charge on any atom is -0.461 e. The molecule has 0 saturated heterocycles. The smallest absolute Gasteiger partial charge is 0.302 e. The number of hydrogen-bond donors (Lipinski definition) is 0. The van der Waals surface area contributed by atoms with Gasteiger partial charge in [0.2, 0.25) is 0 Å². The molecule has 1 unspecified atom stereocenters. The third kappa shape index (κ3) is 6.70. The lowest BCUT2D eigenvalue weighted by Crippen LogP contribution is -2.04. The topological polar surface area (TPSA) is 26.3 Å². The summed E-state index contributed by atoms with van der Waals surface area (Å²) >= 11 is 0. The molecule has 0 aromatic heterocycles. The highest BCUT2D eigenvalue weighted by Crippen LogP contribution is 2.12. The number of hydrogen-bond acceptors (Lipinski definition) is 2. The van der Waals surface area contributed by atoms with E-state index in [9.17, 15) is 4.79 Å². The van der Waals surface area contributed by atoms with E-state index >= 15 is 0 Å². The third-order valence-corrected chi connectivity index (χ3v) is 2.20. The number of rotatable bonds is 6. The van der Waals surface area contributed by atoms with Crippen molar-refractivity contribution in [1.82, 2.24) is 0 Å². The summed E-state index contributed by atoms with van der Waals surface area (Å²) in [5, 5.41) is 0. The second-order valence-electron chi connectivity index (χ2n) is 3.74. The lowest BCUT2D eigenvalue weighted by Gasteiger charge is -2.09. The van der Waals surface area contributed by atoms with E-state index in [-0.39, 0.29) is 5.97 Å². The molecule has 0 aromatic carbocycles. The Morgan fingerprint density at radius 3 is 2.50 bits per heavy atom. The van der Waals surface area contributed by atoms with Gasteiger partial charge in [-0.05, 0) is 17.9 Å². The minimum atomic E-state index is -0.198. The quantitative estimate of drug-likeness (QED) is 0.483. The molecule has 0 aliphatic carbocycles. The maximum atomic E-state index is 10.7. The molecule has 14 heavy (non-hydrogen) atoms. The molecule has 0 heterocycles. The second-order valence-corrected chi connectivity index (χ2v) is 3.74. The lowest BCUT2D eigenvalue weighted by atomic mass is 10.0.